The number of aryl methyl sites for hydroxylation is 1. The molecule has 7 nitrogen and oxygen atoms in total. The van der Waals surface area contributed by atoms with E-state index in [-0.39, 0.29) is 10.8 Å². The fourth-order valence-electron chi connectivity index (χ4n) is 3.82. The van der Waals surface area contributed by atoms with Crippen LogP contribution in [0, 0.1) is 24.2 Å². The smallest absolute Gasteiger partial charge is 0.240 e. The summed E-state index contributed by atoms with van der Waals surface area (Å²) in [7, 11) is -3.58. The molecule has 0 aliphatic carbocycles. The molecular formula is C22H26N4O3S. The third kappa shape index (κ3) is 5.25. The highest BCUT2D eigenvalue weighted by Gasteiger charge is 2.31. The Bertz CT molecular complexity index is 1030. The van der Waals surface area contributed by atoms with E-state index in [2.05, 4.69) is 10.8 Å². The molecule has 3 N–H and O–H groups in total. The van der Waals surface area contributed by atoms with Gasteiger partial charge in [0.15, 0.2) is 0 Å². The SMILES string of the molecule is Cc1ccc(S(=O)(=O)NCC2CCCN(C(C(N)=O)c3ccc(C#N)cc3)C2)cc1. The number of sulfonamides is 1. The Hall–Kier alpha value is -2.73. The lowest BCUT2D eigenvalue weighted by atomic mass is 9.94. The minimum atomic E-state index is -3.58. The van der Waals surface area contributed by atoms with Crippen LogP contribution in [0.1, 0.15) is 35.6 Å². The van der Waals surface area contributed by atoms with Gasteiger partial charge < -0.3 is 5.73 Å². The minimum Gasteiger partial charge on any atom is -0.368 e. The van der Waals surface area contributed by atoms with Crippen molar-refractivity contribution in [2.45, 2.75) is 30.7 Å². The van der Waals surface area contributed by atoms with Crippen molar-refractivity contribution in [1.29, 1.82) is 5.26 Å². The molecule has 2 aromatic carbocycles. The number of hydrogen-bond acceptors (Lipinski definition) is 5. The first-order chi connectivity index (χ1) is 14.3. The molecule has 30 heavy (non-hydrogen) atoms. The summed E-state index contributed by atoms with van der Waals surface area (Å²) in [5, 5.41) is 8.97. The number of carbonyl (C=O) groups excluding carboxylic acids is 1. The second-order valence-corrected chi connectivity index (χ2v) is 9.47. The van der Waals surface area contributed by atoms with Crippen molar-refractivity contribution in [1.82, 2.24) is 9.62 Å². The topological polar surface area (TPSA) is 116 Å². The standard InChI is InChI=1S/C22H26N4O3S/c1-16-4-10-20(11-5-16)30(28,29)25-14-18-3-2-12-26(15-18)21(22(24)27)19-8-6-17(13-23)7-9-19/h4-11,18,21,25H,2-3,12,14-15H2,1H3,(H2,24,27). The molecule has 0 spiro atoms. The van der Waals surface area contributed by atoms with Gasteiger partial charge in [0.2, 0.25) is 15.9 Å². The van der Waals surface area contributed by atoms with Crippen LogP contribution in [-0.4, -0.2) is 38.9 Å². The third-order valence-corrected chi connectivity index (χ3v) is 6.87. The molecule has 1 fully saturated rings. The maximum absolute atomic E-state index is 12.6. The molecule has 3 rings (SSSR count). The van der Waals surface area contributed by atoms with E-state index in [1.165, 1.54) is 0 Å². The molecule has 0 saturated carbocycles. The summed E-state index contributed by atoms with van der Waals surface area (Å²) in [4.78, 5) is 14.4. The van der Waals surface area contributed by atoms with E-state index in [1.807, 2.05) is 11.8 Å². The summed E-state index contributed by atoms with van der Waals surface area (Å²) in [6.45, 7) is 3.47. The van der Waals surface area contributed by atoms with Crippen LogP contribution in [0.2, 0.25) is 0 Å². The van der Waals surface area contributed by atoms with Gasteiger partial charge in [0, 0.05) is 13.1 Å². The number of carbonyl (C=O) groups is 1. The number of nitriles is 1. The summed E-state index contributed by atoms with van der Waals surface area (Å²) >= 11 is 0. The quantitative estimate of drug-likeness (QED) is 0.703. The van der Waals surface area contributed by atoms with Gasteiger partial charge in [-0.05, 0) is 62.1 Å². The van der Waals surface area contributed by atoms with Crippen LogP contribution in [0.15, 0.2) is 53.4 Å². The van der Waals surface area contributed by atoms with E-state index >= 15 is 0 Å². The summed E-state index contributed by atoms with van der Waals surface area (Å²) in [6.07, 6.45) is 1.71. The van der Waals surface area contributed by atoms with Crippen LogP contribution in [0.25, 0.3) is 0 Å². The van der Waals surface area contributed by atoms with Crippen molar-refractivity contribution < 1.29 is 13.2 Å². The molecule has 0 aromatic heterocycles. The average molecular weight is 427 g/mol. The van der Waals surface area contributed by atoms with Gasteiger partial charge in [0.25, 0.3) is 0 Å². The highest BCUT2D eigenvalue weighted by atomic mass is 32.2. The van der Waals surface area contributed by atoms with Gasteiger partial charge >= 0.3 is 0 Å². The van der Waals surface area contributed by atoms with Gasteiger partial charge in [0.1, 0.15) is 6.04 Å². The zero-order valence-electron chi connectivity index (χ0n) is 16.9. The zero-order valence-corrected chi connectivity index (χ0v) is 17.7. The lowest BCUT2D eigenvalue weighted by Gasteiger charge is -2.37. The molecule has 0 radical (unpaired) electrons. The van der Waals surface area contributed by atoms with Crippen molar-refractivity contribution in [2.24, 2.45) is 11.7 Å². The Morgan fingerprint density at radius 2 is 1.90 bits per heavy atom. The van der Waals surface area contributed by atoms with E-state index in [0.717, 1.165) is 24.0 Å². The Balaban J connectivity index is 1.68. The van der Waals surface area contributed by atoms with Crippen LogP contribution in [-0.2, 0) is 14.8 Å². The average Bonchev–Trinajstić information content (AvgIpc) is 2.73. The van der Waals surface area contributed by atoms with Crippen molar-refractivity contribution in [3.8, 4) is 6.07 Å². The number of likely N-dealkylation sites (tertiary alicyclic amines) is 1. The Morgan fingerprint density at radius 3 is 2.50 bits per heavy atom. The van der Waals surface area contributed by atoms with Gasteiger partial charge in [-0.2, -0.15) is 5.26 Å². The van der Waals surface area contributed by atoms with Crippen molar-refractivity contribution in [3.05, 3.63) is 65.2 Å². The Morgan fingerprint density at radius 1 is 1.23 bits per heavy atom. The number of benzene rings is 2. The lowest BCUT2D eigenvalue weighted by Crippen LogP contribution is -2.46. The fraction of sp³-hybridized carbons (Fsp3) is 0.364. The van der Waals surface area contributed by atoms with E-state index in [4.69, 9.17) is 11.0 Å². The van der Waals surface area contributed by atoms with E-state index in [9.17, 15) is 13.2 Å². The molecule has 1 heterocycles. The number of nitrogens with zero attached hydrogens (tertiary/aromatic N) is 2. The molecule has 0 bridgehead atoms. The monoisotopic (exact) mass is 426 g/mol. The van der Waals surface area contributed by atoms with E-state index in [0.29, 0.717) is 25.2 Å². The normalized spacial score (nSPS) is 18.5. The number of nitrogens with two attached hydrogens (primary N) is 1. The molecule has 2 aromatic rings. The molecule has 1 aliphatic heterocycles. The third-order valence-electron chi connectivity index (χ3n) is 5.43. The molecular weight excluding hydrogens is 400 g/mol. The molecule has 1 aliphatic rings. The summed E-state index contributed by atoms with van der Waals surface area (Å²) in [5.74, 6) is -0.389. The zero-order chi connectivity index (χ0) is 21.7. The van der Waals surface area contributed by atoms with Gasteiger partial charge in [-0.1, -0.05) is 29.8 Å². The predicted octanol–water partition coefficient (Wildman–Crippen LogP) is 2.08. The van der Waals surface area contributed by atoms with Crippen molar-refractivity contribution in [3.63, 3.8) is 0 Å². The molecule has 158 valence electrons. The van der Waals surface area contributed by atoms with Gasteiger partial charge in [0.05, 0.1) is 16.5 Å². The van der Waals surface area contributed by atoms with Gasteiger partial charge in [-0.3, -0.25) is 9.69 Å². The Labute approximate surface area is 177 Å². The van der Waals surface area contributed by atoms with E-state index < -0.39 is 22.0 Å². The van der Waals surface area contributed by atoms with Crippen LogP contribution in [0.4, 0.5) is 0 Å². The minimum absolute atomic E-state index is 0.0687. The molecule has 1 amide bonds. The van der Waals surface area contributed by atoms with Crippen molar-refractivity contribution >= 4 is 15.9 Å². The summed E-state index contributed by atoms with van der Waals surface area (Å²) < 4.78 is 27.8. The van der Waals surface area contributed by atoms with Crippen LogP contribution in [0.5, 0.6) is 0 Å². The number of primary amides is 1. The van der Waals surface area contributed by atoms with Gasteiger partial charge in [-0.15, -0.1) is 0 Å². The molecule has 2 atom stereocenters. The number of rotatable bonds is 7. The maximum Gasteiger partial charge on any atom is 0.240 e. The summed E-state index contributed by atoms with van der Waals surface area (Å²) in [5.41, 5.74) is 7.94. The van der Waals surface area contributed by atoms with Gasteiger partial charge in [-0.25, -0.2) is 13.1 Å². The predicted molar refractivity (Wildman–Crippen MR) is 114 cm³/mol. The van der Waals surface area contributed by atoms with E-state index in [1.54, 1.807) is 48.5 Å². The molecule has 2 unspecified atom stereocenters. The molecule has 1 saturated heterocycles. The number of amides is 1. The molecule has 8 heteroatoms. The first kappa shape index (κ1) is 22.0. The highest BCUT2D eigenvalue weighted by molar-refractivity contribution is 7.89. The number of hydrogen-bond donors (Lipinski definition) is 2. The fourth-order valence-corrected chi connectivity index (χ4v) is 4.94. The van der Waals surface area contributed by atoms with Crippen LogP contribution >= 0.6 is 0 Å². The number of piperidine rings is 1. The Kier molecular flexibility index (Phi) is 6.87. The second kappa shape index (κ2) is 9.39. The first-order valence-corrected chi connectivity index (χ1v) is 11.4. The first-order valence-electron chi connectivity index (χ1n) is 9.90. The van der Waals surface area contributed by atoms with Crippen LogP contribution < -0.4 is 10.5 Å². The van der Waals surface area contributed by atoms with Crippen molar-refractivity contribution in [2.75, 3.05) is 19.6 Å². The highest BCUT2D eigenvalue weighted by Crippen LogP contribution is 2.27. The van der Waals surface area contributed by atoms with Crippen LogP contribution in [0.3, 0.4) is 0 Å². The largest absolute Gasteiger partial charge is 0.368 e. The second-order valence-electron chi connectivity index (χ2n) is 7.71. The lowest BCUT2D eigenvalue weighted by molar-refractivity contribution is -0.124. The summed E-state index contributed by atoms with van der Waals surface area (Å²) in [6, 6.07) is 15.0. The number of nitrogens with one attached hydrogen (secondary N) is 1. The maximum atomic E-state index is 12.6.